The summed E-state index contributed by atoms with van der Waals surface area (Å²) in [5.41, 5.74) is -2.28. The Hall–Kier alpha value is -4.09. The molecule has 2 unspecified atom stereocenters. The molecule has 0 amide bonds. The van der Waals surface area contributed by atoms with Crippen LogP contribution in [0.4, 0.5) is 14.9 Å². The van der Waals surface area contributed by atoms with Gasteiger partial charge in [-0.25, -0.2) is 14.0 Å². The largest absolute Gasteiger partial charge is 0.513 e. The lowest BCUT2D eigenvalue weighted by Crippen LogP contribution is -2.85. The van der Waals surface area contributed by atoms with E-state index >= 15 is 4.39 Å². The molecule has 2 aromatic carbocycles. The van der Waals surface area contributed by atoms with E-state index in [1.807, 2.05) is 55.4 Å². The maximum Gasteiger partial charge on any atom is 0.513 e. The molecule has 1 aromatic heterocycles. The molecular weight excluding hydrogens is 794 g/mol. The third-order valence-electron chi connectivity index (χ3n) is 11.5. The van der Waals surface area contributed by atoms with Crippen LogP contribution in [-0.4, -0.2) is 83.5 Å². The number of aliphatic hydroxyl groups excluding tert-OH is 1. The second-order valence-corrected chi connectivity index (χ2v) is 26.3. The molecule has 0 bridgehead atoms. The van der Waals surface area contributed by atoms with E-state index in [4.69, 9.17) is 27.8 Å². The van der Waals surface area contributed by atoms with Gasteiger partial charge in [-0.3, -0.25) is 24.5 Å². The first-order valence-corrected chi connectivity index (χ1v) is 23.6. The molecule has 2 saturated heterocycles. The summed E-state index contributed by atoms with van der Waals surface area (Å²) in [6.45, 7) is 17.3. The Kier molecular flexibility index (Phi) is 13.7. The van der Waals surface area contributed by atoms with Gasteiger partial charge in [-0.15, -0.1) is 0 Å². The van der Waals surface area contributed by atoms with Crippen molar-refractivity contribution in [2.45, 2.75) is 133 Å². The molecular formula is C39H54FN3O13Si2. The monoisotopic (exact) mass is 847 g/mol. The fourth-order valence-corrected chi connectivity index (χ4v) is 24.3. The van der Waals surface area contributed by atoms with E-state index in [2.05, 4.69) is 4.98 Å². The number of nitrogens with one attached hydrogen (secondary N) is 1. The minimum atomic E-state index is -3.53. The van der Waals surface area contributed by atoms with Crippen LogP contribution in [0.5, 0.6) is 5.75 Å². The van der Waals surface area contributed by atoms with Crippen LogP contribution in [0, 0.1) is 15.9 Å². The summed E-state index contributed by atoms with van der Waals surface area (Å²) in [4.78, 5) is 50.2. The van der Waals surface area contributed by atoms with E-state index in [1.54, 1.807) is 6.92 Å². The number of carbonyl (C=O) groups excluding carboxylic acids is 1. The van der Waals surface area contributed by atoms with E-state index in [-0.39, 0.29) is 53.2 Å². The smallest absolute Gasteiger partial charge is 0.451 e. The van der Waals surface area contributed by atoms with Crippen molar-refractivity contribution in [3.63, 3.8) is 0 Å². The molecule has 0 saturated carbocycles. The van der Waals surface area contributed by atoms with Gasteiger partial charge in [0.05, 0.1) is 18.1 Å². The number of rotatable bonds is 15. The van der Waals surface area contributed by atoms with Crippen molar-refractivity contribution in [3.05, 3.63) is 103 Å². The zero-order valence-corrected chi connectivity index (χ0v) is 36.2. The van der Waals surface area contributed by atoms with E-state index < -0.39 is 80.5 Å². The minimum Gasteiger partial charge on any atom is -0.451 e. The number of hydrogen-bond acceptors (Lipinski definition) is 13. The maximum atomic E-state index is 15.1. The summed E-state index contributed by atoms with van der Waals surface area (Å²) in [5, 5.41) is 34.6. The molecule has 58 heavy (non-hydrogen) atoms. The van der Waals surface area contributed by atoms with Crippen molar-refractivity contribution in [1.82, 2.24) is 9.55 Å². The normalized spacial score (nSPS) is 24.3. The number of nitro benzene ring substituents is 1. The van der Waals surface area contributed by atoms with Crippen LogP contribution < -0.4 is 16.0 Å². The van der Waals surface area contributed by atoms with E-state index in [0.717, 1.165) is 16.7 Å². The number of nitro groups is 1. The molecule has 5 rings (SSSR count). The van der Waals surface area contributed by atoms with Gasteiger partial charge in [-0.1, -0.05) is 73.6 Å². The Balaban J connectivity index is 1.36. The standard InChI is InChI=1S/C39H54FN3O13Si2/c1-22(2)57(23(3)4)36(45)34-39(48,58(56-57,24(5)6)25(7)8)33(35(55-34)42-18-16-32(44)41-37(42)46)53-26(9)52-21-28-12-15-31(30(40)20-28)54-38(47)51-19-17-27-10-13-29(14-11-27)43(49)50/h10-16,18,20,22-26,33-36,45,48H,17,19,21H2,1-9H3,(H,41,44,46)/t26?,33-,34+,35+,36?,39+/m0/s1. The molecule has 3 heterocycles. The summed E-state index contributed by atoms with van der Waals surface area (Å²) in [6.07, 6.45) is -4.61. The van der Waals surface area contributed by atoms with Crippen molar-refractivity contribution in [2.24, 2.45) is 0 Å². The molecule has 3 N–H and O–H groups in total. The number of hydrogen-bond donors (Lipinski definition) is 3. The van der Waals surface area contributed by atoms with Crippen molar-refractivity contribution >= 4 is 28.5 Å². The first-order chi connectivity index (χ1) is 27.2. The molecule has 2 aliphatic heterocycles. The maximum absolute atomic E-state index is 15.1. The molecule has 16 nitrogen and oxygen atoms in total. The highest BCUT2D eigenvalue weighted by Crippen LogP contribution is 2.60. The van der Waals surface area contributed by atoms with Crippen LogP contribution in [0.2, 0.25) is 22.2 Å². The molecule has 2 aliphatic rings. The number of ether oxygens (including phenoxy) is 5. The summed E-state index contributed by atoms with van der Waals surface area (Å²) in [5.74, 6) is -1.26. The van der Waals surface area contributed by atoms with Crippen molar-refractivity contribution in [1.29, 1.82) is 0 Å². The number of halogens is 1. The van der Waals surface area contributed by atoms with Crippen LogP contribution >= 0.6 is 0 Å². The lowest BCUT2D eigenvalue weighted by Gasteiger charge is -2.63. The number of fused-ring (bicyclic) bond motifs is 1. The van der Waals surface area contributed by atoms with E-state index in [1.165, 1.54) is 42.6 Å². The Bertz CT molecular complexity index is 2040. The molecule has 6 atom stereocenters. The third kappa shape index (κ3) is 8.22. The fraction of sp³-hybridized carbons (Fsp3) is 0.564. The lowest BCUT2D eigenvalue weighted by atomic mass is 10.1. The molecule has 318 valence electrons. The van der Waals surface area contributed by atoms with Gasteiger partial charge in [0.2, 0.25) is 16.6 Å². The Morgan fingerprint density at radius 3 is 2.16 bits per heavy atom. The molecule has 3 aromatic rings. The average Bonchev–Trinajstić information content (AvgIpc) is 3.44. The predicted octanol–water partition coefficient (Wildman–Crippen LogP) is 5.92. The number of aliphatic hydroxyl groups is 2. The zero-order chi connectivity index (χ0) is 42.9. The second kappa shape index (κ2) is 17.6. The summed E-state index contributed by atoms with van der Waals surface area (Å²) < 4.78 is 53.0. The van der Waals surface area contributed by atoms with Crippen molar-refractivity contribution < 1.29 is 52.1 Å². The van der Waals surface area contributed by atoms with E-state index in [9.17, 15) is 34.7 Å². The second-order valence-electron chi connectivity index (χ2n) is 16.2. The van der Waals surface area contributed by atoms with Crippen molar-refractivity contribution in [2.75, 3.05) is 6.61 Å². The Morgan fingerprint density at radius 2 is 1.60 bits per heavy atom. The first kappa shape index (κ1) is 45.0. The van der Waals surface area contributed by atoms with Crippen molar-refractivity contribution in [3.8, 4) is 5.75 Å². The minimum absolute atomic E-state index is 0.0680. The number of aromatic amines is 1. The van der Waals surface area contributed by atoms with Gasteiger partial charge < -0.3 is 38.0 Å². The lowest BCUT2D eigenvalue weighted by molar-refractivity contribution is -0.384. The molecule has 2 fully saturated rings. The quantitative estimate of drug-likeness (QED) is 0.0406. The van der Waals surface area contributed by atoms with Gasteiger partial charge in [0, 0.05) is 30.8 Å². The van der Waals surface area contributed by atoms with Crippen LogP contribution in [0.25, 0.3) is 0 Å². The molecule has 19 heteroatoms. The zero-order valence-electron chi connectivity index (χ0n) is 34.2. The highest BCUT2D eigenvalue weighted by atomic mass is 28.4. The van der Waals surface area contributed by atoms with Gasteiger partial charge in [0.15, 0.2) is 24.1 Å². The highest BCUT2D eigenvalue weighted by Gasteiger charge is 2.80. The number of H-pyrrole nitrogens is 1. The number of non-ortho nitro benzene ring substituents is 1. The fourth-order valence-electron chi connectivity index (χ4n) is 8.89. The number of nitrogens with zero attached hydrogens (tertiary/aromatic N) is 2. The van der Waals surface area contributed by atoms with Gasteiger partial charge in [0.1, 0.15) is 23.2 Å². The third-order valence-corrected chi connectivity index (χ3v) is 24.4. The molecule has 0 aliphatic carbocycles. The van der Waals surface area contributed by atoms with E-state index in [0.29, 0.717) is 11.1 Å². The van der Waals surface area contributed by atoms with Crippen LogP contribution in [-0.2, 0) is 36.1 Å². The first-order valence-electron chi connectivity index (χ1n) is 19.4. The Morgan fingerprint density at radius 1 is 0.983 bits per heavy atom. The molecule has 0 radical (unpaired) electrons. The summed E-state index contributed by atoms with van der Waals surface area (Å²) >= 11 is 0. The highest BCUT2D eigenvalue weighted by molar-refractivity contribution is 6.93. The van der Waals surface area contributed by atoms with Gasteiger partial charge in [0.25, 0.3) is 11.2 Å². The topological polar surface area (TPSA) is 211 Å². The summed E-state index contributed by atoms with van der Waals surface area (Å²) in [7, 11) is -6.69. The average molecular weight is 848 g/mol. The predicted molar refractivity (Wildman–Crippen MR) is 213 cm³/mol. The number of aromatic nitrogens is 2. The Labute approximate surface area is 337 Å². The van der Waals surface area contributed by atoms with Gasteiger partial charge in [-0.05, 0) is 52.3 Å². The van der Waals surface area contributed by atoms with Crippen LogP contribution in [0.1, 0.15) is 79.7 Å². The summed E-state index contributed by atoms with van der Waals surface area (Å²) in [6, 6.07) is 10.7. The van der Waals surface area contributed by atoms with Crippen LogP contribution in [0.15, 0.2) is 64.3 Å². The van der Waals surface area contributed by atoms with Crippen LogP contribution in [0.3, 0.4) is 0 Å². The number of benzene rings is 2. The SMILES string of the molecule is CC(OCc1ccc(OC(=O)OCCc2ccc([N+](=O)[O-])cc2)c(F)c1)O[C@H]1[C@H](n2ccc(=O)[nH]c2=O)O[C@@H]2C(O)[Si](C(C)C)(C(C)C)O[Si](C(C)C)(C(C)C)[C@@]21O. The van der Waals surface area contributed by atoms with Gasteiger partial charge >= 0.3 is 11.8 Å². The molecule has 0 spiro atoms. The van der Waals surface area contributed by atoms with Gasteiger partial charge in [-0.2, -0.15) is 0 Å². The number of carbonyl (C=O) groups is 1.